The molecule has 0 saturated carbocycles. The SMILES string of the molecule is CN(C)c1ccc(CNc2nc(-c3ccccc3)nn2C(=O)c2ccncc2)cc1. The van der Waals surface area contributed by atoms with E-state index in [1.807, 2.05) is 61.5 Å². The van der Waals surface area contributed by atoms with E-state index in [2.05, 4.69) is 32.5 Å². The van der Waals surface area contributed by atoms with Crippen LogP contribution in [0.1, 0.15) is 15.9 Å². The van der Waals surface area contributed by atoms with Gasteiger partial charge in [0.25, 0.3) is 5.91 Å². The summed E-state index contributed by atoms with van der Waals surface area (Å²) in [5.41, 5.74) is 3.54. The maximum Gasteiger partial charge on any atom is 0.281 e. The van der Waals surface area contributed by atoms with Gasteiger partial charge in [-0.15, -0.1) is 5.10 Å². The molecule has 7 nitrogen and oxygen atoms in total. The van der Waals surface area contributed by atoms with Gasteiger partial charge in [0, 0.05) is 49.8 Å². The summed E-state index contributed by atoms with van der Waals surface area (Å²) >= 11 is 0. The maximum atomic E-state index is 13.0. The molecule has 0 atom stereocenters. The van der Waals surface area contributed by atoms with Crippen LogP contribution in [0.4, 0.5) is 11.6 Å². The Labute approximate surface area is 175 Å². The van der Waals surface area contributed by atoms with E-state index >= 15 is 0 Å². The standard InChI is InChI=1S/C23H22N6O/c1-28(2)20-10-8-17(9-11-20)16-25-23-26-21(18-6-4-3-5-7-18)27-29(23)22(30)19-12-14-24-15-13-19/h3-15H,16H2,1-2H3,(H,25,26,27). The number of pyridine rings is 1. The van der Waals surface area contributed by atoms with E-state index in [4.69, 9.17) is 0 Å². The van der Waals surface area contributed by atoms with Crippen LogP contribution in [0.5, 0.6) is 0 Å². The van der Waals surface area contributed by atoms with E-state index in [0.717, 1.165) is 16.8 Å². The fourth-order valence-electron chi connectivity index (χ4n) is 2.99. The van der Waals surface area contributed by atoms with Gasteiger partial charge in [-0.3, -0.25) is 9.78 Å². The van der Waals surface area contributed by atoms with Gasteiger partial charge in [-0.25, -0.2) is 0 Å². The largest absolute Gasteiger partial charge is 0.378 e. The lowest BCUT2D eigenvalue weighted by molar-refractivity contribution is 0.0947. The molecule has 0 aliphatic heterocycles. The Hall–Kier alpha value is -4.00. The molecule has 0 fully saturated rings. The van der Waals surface area contributed by atoms with E-state index < -0.39 is 0 Å². The highest BCUT2D eigenvalue weighted by Gasteiger charge is 2.18. The van der Waals surface area contributed by atoms with Crippen LogP contribution >= 0.6 is 0 Å². The molecule has 2 aromatic heterocycles. The molecule has 1 N–H and O–H groups in total. The van der Waals surface area contributed by atoms with Crippen LogP contribution in [0.2, 0.25) is 0 Å². The van der Waals surface area contributed by atoms with Crippen LogP contribution in [-0.4, -0.2) is 39.8 Å². The Kier molecular flexibility index (Phi) is 5.52. The van der Waals surface area contributed by atoms with Gasteiger partial charge in [0.05, 0.1) is 0 Å². The molecule has 2 aromatic carbocycles. The number of carbonyl (C=O) groups is 1. The van der Waals surface area contributed by atoms with Crippen molar-refractivity contribution in [3.8, 4) is 11.4 Å². The van der Waals surface area contributed by atoms with Crippen LogP contribution in [-0.2, 0) is 6.54 Å². The van der Waals surface area contributed by atoms with Crippen molar-refractivity contribution in [2.75, 3.05) is 24.3 Å². The van der Waals surface area contributed by atoms with E-state index in [-0.39, 0.29) is 5.91 Å². The minimum atomic E-state index is -0.266. The number of hydrogen-bond donors (Lipinski definition) is 1. The minimum Gasteiger partial charge on any atom is -0.378 e. The molecular weight excluding hydrogens is 376 g/mol. The molecule has 0 aliphatic rings. The van der Waals surface area contributed by atoms with Gasteiger partial charge in [0.1, 0.15) is 0 Å². The van der Waals surface area contributed by atoms with Gasteiger partial charge in [-0.1, -0.05) is 42.5 Å². The number of carbonyl (C=O) groups excluding carboxylic acids is 1. The van der Waals surface area contributed by atoms with Crippen molar-refractivity contribution >= 4 is 17.5 Å². The summed E-state index contributed by atoms with van der Waals surface area (Å²) in [6.45, 7) is 0.518. The highest BCUT2D eigenvalue weighted by Crippen LogP contribution is 2.20. The third-order valence-corrected chi connectivity index (χ3v) is 4.66. The summed E-state index contributed by atoms with van der Waals surface area (Å²) in [5.74, 6) is 0.619. The number of nitrogens with one attached hydrogen (secondary N) is 1. The summed E-state index contributed by atoms with van der Waals surface area (Å²) in [6, 6.07) is 21.1. The molecule has 0 spiro atoms. The first-order valence-corrected chi connectivity index (χ1v) is 9.59. The van der Waals surface area contributed by atoms with Crippen molar-refractivity contribution in [1.29, 1.82) is 0 Å². The normalized spacial score (nSPS) is 10.6. The molecule has 7 heteroatoms. The Bertz CT molecular complexity index is 1120. The van der Waals surface area contributed by atoms with Crippen molar-refractivity contribution in [3.63, 3.8) is 0 Å². The molecule has 0 radical (unpaired) electrons. The molecule has 0 bridgehead atoms. The first kappa shape index (κ1) is 19.3. The lowest BCUT2D eigenvalue weighted by atomic mass is 10.2. The highest BCUT2D eigenvalue weighted by molar-refractivity contribution is 5.96. The molecule has 0 unspecified atom stereocenters. The van der Waals surface area contributed by atoms with Crippen LogP contribution < -0.4 is 10.2 Å². The third-order valence-electron chi connectivity index (χ3n) is 4.66. The second-order valence-electron chi connectivity index (χ2n) is 6.99. The zero-order chi connectivity index (χ0) is 20.9. The predicted octanol–water partition coefficient (Wildman–Crippen LogP) is 3.71. The van der Waals surface area contributed by atoms with Crippen LogP contribution in [0.15, 0.2) is 79.1 Å². The molecule has 0 saturated heterocycles. The first-order chi connectivity index (χ1) is 14.6. The zero-order valence-corrected chi connectivity index (χ0v) is 16.9. The van der Waals surface area contributed by atoms with Gasteiger partial charge >= 0.3 is 0 Å². The number of anilines is 2. The summed E-state index contributed by atoms with van der Waals surface area (Å²) in [7, 11) is 4.01. The van der Waals surface area contributed by atoms with Crippen molar-refractivity contribution in [3.05, 3.63) is 90.3 Å². The van der Waals surface area contributed by atoms with E-state index in [1.54, 1.807) is 24.5 Å². The van der Waals surface area contributed by atoms with Crippen molar-refractivity contribution < 1.29 is 4.79 Å². The second-order valence-corrected chi connectivity index (χ2v) is 6.99. The van der Waals surface area contributed by atoms with Gasteiger partial charge < -0.3 is 10.2 Å². The molecule has 0 amide bonds. The molecule has 150 valence electrons. The number of nitrogens with zero attached hydrogens (tertiary/aromatic N) is 5. The topological polar surface area (TPSA) is 75.9 Å². The number of aromatic nitrogens is 4. The Balaban J connectivity index is 1.63. The molecule has 4 rings (SSSR count). The lowest BCUT2D eigenvalue weighted by Gasteiger charge is -2.13. The fraction of sp³-hybridized carbons (Fsp3) is 0.130. The van der Waals surface area contributed by atoms with Crippen molar-refractivity contribution in [2.45, 2.75) is 6.54 Å². The van der Waals surface area contributed by atoms with Crippen molar-refractivity contribution in [1.82, 2.24) is 19.7 Å². The highest BCUT2D eigenvalue weighted by atomic mass is 16.2. The summed E-state index contributed by atoms with van der Waals surface area (Å²) in [5, 5.41) is 7.73. The number of rotatable bonds is 6. The lowest BCUT2D eigenvalue weighted by Crippen LogP contribution is -2.17. The van der Waals surface area contributed by atoms with Crippen molar-refractivity contribution in [2.24, 2.45) is 0 Å². The van der Waals surface area contributed by atoms with Gasteiger partial charge in [0.2, 0.25) is 5.95 Å². The summed E-state index contributed by atoms with van der Waals surface area (Å²) in [4.78, 5) is 23.6. The Morgan fingerprint density at radius 1 is 0.967 bits per heavy atom. The minimum absolute atomic E-state index is 0.266. The monoisotopic (exact) mass is 398 g/mol. The first-order valence-electron chi connectivity index (χ1n) is 9.59. The fourth-order valence-corrected chi connectivity index (χ4v) is 2.99. The van der Waals surface area contributed by atoms with Crippen LogP contribution in [0.3, 0.4) is 0 Å². The van der Waals surface area contributed by atoms with Crippen LogP contribution in [0.25, 0.3) is 11.4 Å². The Morgan fingerprint density at radius 2 is 1.67 bits per heavy atom. The maximum absolute atomic E-state index is 13.0. The quantitative estimate of drug-likeness (QED) is 0.534. The number of benzene rings is 2. The van der Waals surface area contributed by atoms with Gasteiger partial charge in [0.15, 0.2) is 5.82 Å². The molecule has 4 aromatic rings. The average Bonchev–Trinajstić information content (AvgIpc) is 3.23. The van der Waals surface area contributed by atoms with E-state index in [9.17, 15) is 4.79 Å². The predicted molar refractivity (Wildman–Crippen MR) is 118 cm³/mol. The molecule has 0 aliphatic carbocycles. The average molecular weight is 398 g/mol. The summed E-state index contributed by atoms with van der Waals surface area (Å²) < 4.78 is 1.31. The van der Waals surface area contributed by atoms with Crippen LogP contribution in [0, 0.1) is 0 Å². The Morgan fingerprint density at radius 3 is 2.33 bits per heavy atom. The van der Waals surface area contributed by atoms with Gasteiger partial charge in [-0.05, 0) is 29.8 Å². The smallest absolute Gasteiger partial charge is 0.281 e. The number of hydrogen-bond acceptors (Lipinski definition) is 6. The summed E-state index contributed by atoms with van der Waals surface area (Å²) in [6.07, 6.45) is 3.17. The third kappa shape index (κ3) is 4.20. The second kappa shape index (κ2) is 8.57. The van der Waals surface area contributed by atoms with Gasteiger partial charge in [-0.2, -0.15) is 9.67 Å². The molecule has 30 heavy (non-hydrogen) atoms. The van der Waals surface area contributed by atoms with E-state index in [1.165, 1.54) is 4.68 Å². The zero-order valence-electron chi connectivity index (χ0n) is 16.9. The molecule has 2 heterocycles. The molecular formula is C23H22N6O. The van der Waals surface area contributed by atoms with E-state index in [0.29, 0.717) is 23.9 Å².